The number of nitrogens with one attached hydrogen (secondary N) is 2. The van der Waals surface area contributed by atoms with Crippen LogP contribution in [0.5, 0.6) is 0 Å². The van der Waals surface area contributed by atoms with Gasteiger partial charge in [0, 0.05) is 6.42 Å². The number of hydroxylamine groups is 2. The molecule has 39 heavy (non-hydrogen) atoms. The molecule has 0 bridgehead atoms. The van der Waals surface area contributed by atoms with Crippen molar-refractivity contribution in [2.75, 3.05) is 0 Å². The number of ether oxygens (including phenoxy) is 1. The molecule has 0 heterocycles. The van der Waals surface area contributed by atoms with Gasteiger partial charge in [-0.15, -0.1) is 0 Å². The summed E-state index contributed by atoms with van der Waals surface area (Å²) >= 11 is 0. The van der Waals surface area contributed by atoms with Gasteiger partial charge in [-0.1, -0.05) is 84.9 Å². The van der Waals surface area contributed by atoms with E-state index in [1.165, 1.54) is 0 Å². The summed E-state index contributed by atoms with van der Waals surface area (Å²) in [6, 6.07) is 27.4. The summed E-state index contributed by atoms with van der Waals surface area (Å²) < 4.78 is 5.35. The van der Waals surface area contributed by atoms with Crippen molar-refractivity contribution in [1.29, 1.82) is 0 Å². The fourth-order valence-electron chi connectivity index (χ4n) is 3.70. The molecule has 8 heteroatoms. The van der Waals surface area contributed by atoms with Crippen LogP contribution in [0, 0.1) is 0 Å². The molecule has 206 valence electrons. The minimum absolute atomic E-state index is 0.177. The molecule has 1 atom stereocenters. The fourth-order valence-corrected chi connectivity index (χ4v) is 3.70. The first-order chi connectivity index (χ1) is 18.7. The molecule has 2 N–H and O–H groups in total. The van der Waals surface area contributed by atoms with Gasteiger partial charge in [0.25, 0.3) is 0 Å². The zero-order chi connectivity index (χ0) is 28.1. The monoisotopic (exact) mass is 532 g/mol. The van der Waals surface area contributed by atoms with E-state index >= 15 is 0 Å². The van der Waals surface area contributed by atoms with Gasteiger partial charge >= 0.3 is 5.97 Å². The second-order valence-corrected chi connectivity index (χ2v) is 10.1. The minimum atomic E-state index is -0.936. The van der Waals surface area contributed by atoms with Crippen molar-refractivity contribution in [2.24, 2.45) is 0 Å². The first-order valence-corrected chi connectivity index (χ1v) is 12.9. The Morgan fingerprint density at radius 1 is 0.718 bits per heavy atom. The van der Waals surface area contributed by atoms with E-state index in [1.54, 1.807) is 20.8 Å². The average molecular weight is 533 g/mol. The lowest BCUT2D eigenvalue weighted by molar-refractivity contribution is -0.163. The Morgan fingerprint density at radius 3 is 1.97 bits per heavy atom. The Labute approximate surface area is 229 Å². The number of aryl methyl sites for hydroxylation is 1. The molecule has 0 spiro atoms. The maximum absolute atomic E-state index is 12.5. The van der Waals surface area contributed by atoms with Crippen LogP contribution in [0.4, 0.5) is 0 Å². The summed E-state index contributed by atoms with van der Waals surface area (Å²) in [5.41, 5.74) is 8.16. The lowest BCUT2D eigenvalue weighted by atomic mass is 10.0. The fraction of sp³-hybridized carbons (Fsp3) is 0.323. The van der Waals surface area contributed by atoms with Crippen LogP contribution < -0.4 is 11.0 Å². The van der Waals surface area contributed by atoms with Crippen molar-refractivity contribution in [3.8, 4) is 11.1 Å². The van der Waals surface area contributed by atoms with Crippen molar-refractivity contribution in [3.05, 3.63) is 96.1 Å². The van der Waals surface area contributed by atoms with Gasteiger partial charge in [-0.25, -0.2) is 11.0 Å². The summed E-state index contributed by atoms with van der Waals surface area (Å²) in [7, 11) is 0. The van der Waals surface area contributed by atoms with Gasteiger partial charge < -0.3 is 4.74 Å². The second-order valence-electron chi connectivity index (χ2n) is 10.1. The van der Waals surface area contributed by atoms with Gasteiger partial charge in [0.1, 0.15) is 11.7 Å². The molecule has 3 aromatic carbocycles. The predicted octanol–water partition coefficient (Wildman–Crippen LogP) is 5.07. The molecule has 0 saturated carbocycles. The topological polar surface area (TPSA) is 103 Å². The Bertz CT molecular complexity index is 1190. The molecule has 0 aliphatic heterocycles. The SMILES string of the molecule is CC(C)(C)OC(=O)CC(CC(=O)NOCc1ccccc1)ONC(=O)CCc1ccc(-c2ccccc2)cc1. The quantitative estimate of drug-likeness (QED) is 0.235. The standard InChI is InChI=1S/C31H36N2O6/c1-31(2,3)38-30(36)21-27(20-29(35)32-37-22-24-10-6-4-7-11-24)39-33-28(34)19-16-23-14-17-26(18-15-23)25-12-8-5-9-13-25/h4-15,17-18,27H,16,19-22H2,1-3H3,(H,32,35)(H,33,34). The molecular weight excluding hydrogens is 496 g/mol. The molecule has 0 radical (unpaired) electrons. The maximum atomic E-state index is 12.5. The first-order valence-electron chi connectivity index (χ1n) is 12.9. The minimum Gasteiger partial charge on any atom is -0.460 e. The van der Waals surface area contributed by atoms with E-state index in [1.807, 2.05) is 84.9 Å². The van der Waals surface area contributed by atoms with Crippen molar-refractivity contribution >= 4 is 17.8 Å². The first kappa shape index (κ1) is 29.5. The third-order valence-electron chi connectivity index (χ3n) is 5.54. The van der Waals surface area contributed by atoms with Crippen molar-refractivity contribution < 1.29 is 28.8 Å². The van der Waals surface area contributed by atoms with Crippen LogP contribution in [-0.4, -0.2) is 29.5 Å². The van der Waals surface area contributed by atoms with E-state index in [-0.39, 0.29) is 31.8 Å². The van der Waals surface area contributed by atoms with Crippen LogP contribution in [0.2, 0.25) is 0 Å². The highest BCUT2D eigenvalue weighted by Crippen LogP contribution is 2.20. The van der Waals surface area contributed by atoms with E-state index in [0.29, 0.717) is 6.42 Å². The molecule has 8 nitrogen and oxygen atoms in total. The summed E-state index contributed by atoms with van der Waals surface area (Å²) in [5.74, 6) is -1.40. The van der Waals surface area contributed by atoms with E-state index in [4.69, 9.17) is 14.4 Å². The zero-order valence-corrected chi connectivity index (χ0v) is 22.6. The predicted molar refractivity (Wildman–Crippen MR) is 148 cm³/mol. The highest BCUT2D eigenvalue weighted by atomic mass is 16.7. The van der Waals surface area contributed by atoms with Crippen LogP contribution in [-0.2, 0) is 41.8 Å². The Kier molecular flexibility index (Phi) is 11.2. The molecule has 0 aromatic heterocycles. The molecule has 0 aliphatic carbocycles. The second kappa shape index (κ2) is 14.8. The normalized spacial score (nSPS) is 11.9. The number of carbonyl (C=O) groups is 3. The third-order valence-corrected chi connectivity index (χ3v) is 5.54. The number of carbonyl (C=O) groups excluding carboxylic acids is 3. The smallest absolute Gasteiger partial charge is 0.309 e. The highest BCUT2D eigenvalue weighted by Gasteiger charge is 2.24. The van der Waals surface area contributed by atoms with Gasteiger partial charge in [0.2, 0.25) is 11.8 Å². The zero-order valence-electron chi connectivity index (χ0n) is 22.6. The van der Waals surface area contributed by atoms with Crippen molar-refractivity contribution in [2.45, 2.75) is 64.8 Å². The summed E-state index contributed by atoms with van der Waals surface area (Å²) in [6.07, 6.45) is -0.681. The van der Waals surface area contributed by atoms with Gasteiger partial charge in [0.05, 0.1) is 19.4 Å². The lowest BCUT2D eigenvalue weighted by Crippen LogP contribution is -2.36. The van der Waals surface area contributed by atoms with Gasteiger partial charge in [-0.3, -0.25) is 24.1 Å². The third kappa shape index (κ3) is 11.5. The van der Waals surface area contributed by atoms with E-state index in [2.05, 4.69) is 11.0 Å². The number of hydrogen-bond donors (Lipinski definition) is 2. The van der Waals surface area contributed by atoms with Gasteiger partial charge in [0.15, 0.2) is 0 Å². The van der Waals surface area contributed by atoms with Crippen molar-refractivity contribution in [3.63, 3.8) is 0 Å². The Morgan fingerprint density at radius 2 is 1.33 bits per heavy atom. The molecule has 1 unspecified atom stereocenters. The average Bonchev–Trinajstić information content (AvgIpc) is 2.91. The molecular formula is C31H36N2O6. The van der Waals surface area contributed by atoms with Crippen LogP contribution in [0.1, 0.15) is 51.2 Å². The van der Waals surface area contributed by atoms with Crippen LogP contribution in [0.15, 0.2) is 84.9 Å². The van der Waals surface area contributed by atoms with Gasteiger partial charge in [-0.05, 0) is 49.4 Å². The molecule has 3 aromatic rings. The molecule has 0 aliphatic rings. The number of benzene rings is 3. The molecule has 3 rings (SSSR count). The molecule has 0 fully saturated rings. The number of esters is 1. The summed E-state index contributed by atoms with van der Waals surface area (Å²) in [5, 5.41) is 0. The van der Waals surface area contributed by atoms with Crippen LogP contribution in [0.3, 0.4) is 0 Å². The van der Waals surface area contributed by atoms with Crippen LogP contribution in [0.25, 0.3) is 11.1 Å². The number of rotatable bonds is 13. The van der Waals surface area contributed by atoms with Crippen LogP contribution >= 0.6 is 0 Å². The number of amides is 2. The van der Waals surface area contributed by atoms with Crippen molar-refractivity contribution in [1.82, 2.24) is 11.0 Å². The Balaban J connectivity index is 1.47. The lowest BCUT2D eigenvalue weighted by Gasteiger charge is -2.22. The van der Waals surface area contributed by atoms with E-state index in [0.717, 1.165) is 22.3 Å². The highest BCUT2D eigenvalue weighted by molar-refractivity contribution is 5.78. The maximum Gasteiger partial charge on any atom is 0.309 e. The van der Waals surface area contributed by atoms with E-state index < -0.39 is 23.6 Å². The summed E-state index contributed by atoms with van der Waals surface area (Å²) in [4.78, 5) is 48.0. The molecule has 2 amide bonds. The van der Waals surface area contributed by atoms with E-state index in [9.17, 15) is 14.4 Å². The molecule has 0 saturated heterocycles. The Hall–Kier alpha value is -4.01. The number of hydrogen-bond acceptors (Lipinski definition) is 6. The summed E-state index contributed by atoms with van der Waals surface area (Å²) in [6.45, 7) is 5.43. The largest absolute Gasteiger partial charge is 0.460 e. The van der Waals surface area contributed by atoms with Gasteiger partial charge in [-0.2, -0.15) is 0 Å².